The second-order valence-electron chi connectivity index (χ2n) is 5.52. The van der Waals surface area contributed by atoms with Crippen LogP contribution in [0, 0.1) is 10.8 Å². The number of rotatable bonds is 4. The Balaban J connectivity index is 2.36. The average molecular weight is 246 g/mol. The van der Waals surface area contributed by atoms with E-state index in [-0.39, 0.29) is 0 Å². The molecule has 1 saturated heterocycles. The fourth-order valence-electron chi connectivity index (χ4n) is 2.74. The third kappa shape index (κ3) is 2.89. The van der Waals surface area contributed by atoms with Crippen molar-refractivity contribution in [2.24, 2.45) is 11.1 Å². The molecule has 0 unspecified atom stereocenters. The minimum Gasteiger partial charge on any atom is -0.369 e. The summed E-state index contributed by atoms with van der Waals surface area (Å²) in [5, 5.41) is 3.22. The van der Waals surface area contributed by atoms with Crippen LogP contribution in [0.1, 0.15) is 38.7 Å². The lowest BCUT2D eigenvalue weighted by Crippen LogP contribution is -2.30. The molecule has 1 aliphatic rings. The summed E-state index contributed by atoms with van der Waals surface area (Å²) in [6, 6.07) is 5.92. The summed E-state index contributed by atoms with van der Waals surface area (Å²) in [6.45, 7) is 6.53. The molecule has 98 valence electrons. The van der Waals surface area contributed by atoms with Gasteiger partial charge in [-0.25, -0.2) is 0 Å². The van der Waals surface area contributed by atoms with Gasteiger partial charge < -0.3 is 4.90 Å². The van der Waals surface area contributed by atoms with Gasteiger partial charge in [-0.2, -0.15) is 0 Å². The van der Waals surface area contributed by atoms with Crippen LogP contribution < -0.4 is 4.90 Å². The topological polar surface area (TPSA) is 32.7 Å². The summed E-state index contributed by atoms with van der Waals surface area (Å²) in [5.41, 5.74) is 2.96. The summed E-state index contributed by atoms with van der Waals surface area (Å²) < 4.78 is 0. The Bertz CT molecular complexity index is 409. The molecule has 3 nitrogen and oxygen atoms in total. The van der Waals surface area contributed by atoms with Crippen molar-refractivity contribution in [1.29, 1.82) is 0 Å². The van der Waals surface area contributed by atoms with E-state index in [1.807, 2.05) is 12.1 Å². The normalized spacial score (nSPS) is 16.1. The summed E-state index contributed by atoms with van der Waals surface area (Å²) in [4.78, 5) is 13.4. The molecule has 1 heterocycles. The lowest BCUT2D eigenvalue weighted by Gasteiger charge is -2.31. The third-order valence-corrected chi connectivity index (χ3v) is 3.50. The van der Waals surface area contributed by atoms with Crippen molar-refractivity contribution < 1.29 is 0 Å². The Morgan fingerprint density at radius 1 is 1.22 bits per heavy atom. The van der Waals surface area contributed by atoms with Gasteiger partial charge >= 0.3 is 0 Å². The molecule has 1 aliphatic heterocycles. The Hall–Kier alpha value is -1.38. The number of hydrogen-bond donors (Lipinski definition) is 0. The Kier molecular flexibility index (Phi) is 4.34. The smallest absolute Gasteiger partial charge is 0.131 e. The summed E-state index contributed by atoms with van der Waals surface area (Å²) in [7, 11) is 0. The van der Waals surface area contributed by atoms with E-state index in [4.69, 9.17) is 0 Å². The van der Waals surface area contributed by atoms with Crippen molar-refractivity contribution in [1.82, 2.24) is 0 Å². The van der Waals surface area contributed by atoms with Crippen molar-refractivity contribution in [3.8, 4) is 0 Å². The van der Waals surface area contributed by atoms with Crippen LogP contribution in [0.25, 0.3) is 0 Å². The van der Waals surface area contributed by atoms with Gasteiger partial charge in [0.2, 0.25) is 0 Å². The maximum absolute atomic E-state index is 11.0. The van der Waals surface area contributed by atoms with E-state index in [0.29, 0.717) is 11.6 Å². The third-order valence-electron chi connectivity index (χ3n) is 3.50. The Labute approximate surface area is 109 Å². The van der Waals surface area contributed by atoms with E-state index in [2.05, 4.69) is 30.0 Å². The maximum atomic E-state index is 11.0. The number of benzene rings is 1. The van der Waals surface area contributed by atoms with E-state index in [1.165, 1.54) is 24.8 Å². The molecular formula is C15H22N2O. The zero-order valence-electron chi connectivity index (χ0n) is 11.4. The van der Waals surface area contributed by atoms with Crippen LogP contribution in [-0.2, 0) is 6.42 Å². The first-order chi connectivity index (χ1) is 8.72. The van der Waals surface area contributed by atoms with Gasteiger partial charge in [0.1, 0.15) is 5.69 Å². The fourth-order valence-corrected chi connectivity index (χ4v) is 2.74. The fraction of sp³-hybridized carbons (Fsp3) is 0.600. The van der Waals surface area contributed by atoms with E-state index in [1.54, 1.807) is 0 Å². The van der Waals surface area contributed by atoms with Gasteiger partial charge in [-0.1, -0.05) is 26.0 Å². The van der Waals surface area contributed by atoms with E-state index in [0.717, 1.165) is 25.2 Å². The summed E-state index contributed by atoms with van der Waals surface area (Å²) >= 11 is 0. The lowest BCUT2D eigenvalue weighted by molar-refractivity contribution is 0.573. The monoisotopic (exact) mass is 246 g/mol. The van der Waals surface area contributed by atoms with Gasteiger partial charge in [0.25, 0.3) is 0 Å². The van der Waals surface area contributed by atoms with Crippen LogP contribution in [0.2, 0.25) is 0 Å². The summed E-state index contributed by atoms with van der Waals surface area (Å²) in [5.74, 6) is 0.593. The van der Waals surface area contributed by atoms with Crippen molar-refractivity contribution >= 4 is 11.4 Å². The molecular weight excluding hydrogens is 224 g/mol. The van der Waals surface area contributed by atoms with Crippen LogP contribution in [0.3, 0.4) is 0 Å². The molecule has 2 rings (SSSR count). The highest BCUT2D eigenvalue weighted by molar-refractivity contribution is 5.71. The van der Waals surface area contributed by atoms with Gasteiger partial charge in [-0.3, -0.25) is 0 Å². The molecule has 0 atom stereocenters. The van der Waals surface area contributed by atoms with Crippen LogP contribution in [-0.4, -0.2) is 13.1 Å². The van der Waals surface area contributed by atoms with Gasteiger partial charge in [0.15, 0.2) is 0 Å². The zero-order valence-corrected chi connectivity index (χ0v) is 11.4. The van der Waals surface area contributed by atoms with Crippen LogP contribution in [0.4, 0.5) is 11.4 Å². The first kappa shape index (κ1) is 13.1. The Morgan fingerprint density at radius 2 is 1.94 bits per heavy atom. The molecule has 1 fully saturated rings. The molecule has 0 aromatic heterocycles. The molecule has 1 aromatic carbocycles. The minimum absolute atomic E-state index is 0.593. The van der Waals surface area contributed by atoms with Crippen molar-refractivity contribution in [3.05, 3.63) is 28.7 Å². The number of nitroso groups, excluding NO2 is 1. The van der Waals surface area contributed by atoms with Gasteiger partial charge in [0, 0.05) is 13.1 Å². The largest absolute Gasteiger partial charge is 0.369 e. The van der Waals surface area contributed by atoms with Gasteiger partial charge in [-0.15, -0.1) is 4.91 Å². The van der Waals surface area contributed by atoms with Crippen molar-refractivity contribution in [3.63, 3.8) is 0 Å². The highest BCUT2D eigenvalue weighted by atomic mass is 16.3. The first-order valence-corrected chi connectivity index (χ1v) is 6.92. The first-order valence-electron chi connectivity index (χ1n) is 6.92. The quantitative estimate of drug-likeness (QED) is 0.743. The lowest BCUT2D eigenvalue weighted by atomic mass is 9.98. The highest BCUT2D eigenvalue weighted by Gasteiger charge is 2.19. The van der Waals surface area contributed by atoms with E-state index < -0.39 is 0 Å². The van der Waals surface area contributed by atoms with Gasteiger partial charge in [0.05, 0.1) is 5.69 Å². The molecule has 1 aromatic rings. The van der Waals surface area contributed by atoms with Crippen LogP contribution in [0.15, 0.2) is 23.4 Å². The molecule has 0 spiro atoms. The molecule has 0 radical (unpaired) electrons. The van der Waals surface area contributed by atoms with Crippen LogP contribution in [0.5, 0.6) is 0 Å². The molecule has 0 aliphatic carbocycles. The number of anilines is 1. The maximum Gasteiger partial charge on any atom is 0.131 e. The number of nitrogens with zero attached hydrogens (tertiary/aromatic N) is 2. The predicted octanol–water partition coefficient (Wildman–Crippen LogP) is 4.27. The van der Waals surface area contributed by atoms with Crippen molar-refractivity contribution in [2.45, 2.75) is 39.5 Å². The molecule has 0 amide bonds. The molecule has 0 bridgehead atoms. The highest BCUT2D eigenvalue weighted by Crippen LogP contribution is 2.35. The van der Waals surface area contributed by atoms with E-state index in [9.17, 15) is 4.91 Å². The summed E-state index contributed by atoms with van der Waals surface area (Å²) in [6.07, 6.45) is 4.74. The van der Waals surface area contributed by atoms with Gasteiger partial charge in [-0.05, 0) is 48.4 Å². The Morgan fingerprint density at radius 3 is 2.56 bits per heavy atom. The van der Waals surface area contributed by atoms with Crippen molar-refractivity contribution in [2.75, 3.05) is 18.0 Å². The number of hydrogen-bond acceptors (Lipinski definition) is 3. The molecule has 0 saturated carbocycles. The SMILES string of the molecule is CC(C)Cc1cccc(N=O)c1N1CCCCC1. The van der Waals surface area contributed by atoms with Crippen LogP contribution >= 0.6 is 0 Å². The second kappa shape index (κ2) is 5.98. The minimum atomic E-state index is 0.593. The second-order valence-corrected chi connectivity index (χ2v) is 5.52. The zero-order chi connectivity index (χ0) is 13.0. The molecule has 0 N–H and O–H groups in total. The average Bonchev–Trinajstić information content (AvgIpc) is 2.38. The predicted molar refractivity (Wildman–Crippen MR) is 76.5 cm³/mol. The van der Waals surface area contributed by atoms with E-state index >= 15 is 0 Å². The standard InChI is InChI=1S/C15H22N2O/c1-12(2)11-13-7-6-8-14(16-18)15(13)17-9-4-3-5-10-17/h6-8,12H,3-5,9-11H2,1-2H3. The molecule has 18 heavy (non-hydrogen) atoms. The number of piperidine rings is 1. The number of para-hydroxylation sites is 1. The molecule has 3 heteroatoms.